The zero-order chi connectivity index (χ0) is 11.9. The molecule has 1 aliphatic carbocycles. The van der Waals surface area contributed by atoms with Crippen LogP contribution < -0.4 is 5.32 Å². The van der Waals surface area contributed by atoms with E-state index in [-0.39, 0.29) is 11.5 Å². The normalized spacial score (nSPS) is 27.3. The summed E-state index contributed by atoms with van der Waals surface area (Å²) in [6, 6.07) is 6.32. The Balaban J connectivity index is 2.17. The van der Waals surface area contributed by atoms with Crippen molar-refractivity contribution in [1.82, 2.24) is 0 Å². The van der Waals surface area contributed by atoms with Crippen molar-refractivity contribution in [3.8, 4) is 0 Å². The summed E-state index contributed by atoms with van der Waals surface area (Å²) in [6.07, 6.45) is 0.604. The maximum absolute atomic E-state index is 9.70. The van der Waals surface area contributed by atoms with E-state index in [0.717, 1.165) is 21.1 Å². The first kappa shape index (κ1) is 12.4. The number of rotatable bonds is 2. The van der Waals surface area contributed by atoms with Crippen molar-refractivity contribution in [1.29, 1.82) is 0 Å². The second-order valence-corrected chi connectivity index (χ2v) is 6.58. The van der Waals surface area contributed by atoms with Gasteiger partial charge >= 0.3 is 0 Å². The number of aliphatic hydroxyl groups excluding tert-OH is 1. The monoisotopic (exact) mass is 347 g/mol. The van der Waals surface area contributed by atoms with Crippen LogP contribution in [0.25, 0.3) is 0 Å². The summed E-state index contributed by atoms with van der Waals surface area (Å²) in [5, 5.41) is 13.2. The molecule has 1 aliphatic rings. The van der Waals surface area contributed by atoms with Crippen LogP contribution in [0.15, 0.2) is 27.1 Å². The fourth-order valence-corrected chi connectivity index (χ4v) is 3.18. The van der Waals surface area contributed by atoms with E-state index in [1.54, 1.807) is 0 Å². The third kappa shape index (κ3) is 2.03. The Morgan fingerprint density at radius 2 is 1.88 bits per heavy atom. The highest BCUT2D eigenvalue weighted by atomic mass is 79.9. The van der Waals surface area contributed by atoms with E-state index in [1.165, 1.54) is 0 Å². The summed E-state index contributed by atoms with van der Waals surface area (Å²) in [6.45, 7) is 4.17. The molecule has 0 amide bonds. The Labute approximate surface area is 113 Å². The van der Waals surface area contributed by atoms with Gasteiger partial charge in [-0.2, -0.15) is 0 Å². The molecule has 2 nitrogen and oxygen atoms in total. The highest BCUT2D eigenvalue weighted by molar-refractivity contribution is 9.11. The first-order chi connectivity index (χ1) is 7.43. The molecule has 1 aromatic carbocycles. The van der Waals surface area contributed by atoms with Crippen LogP contribution in [0.4, 0.5) is 5.69 Å². The lowest BCUT2D eigenvalue weighted by Gasteiger charge is -2.50. The predicted octanol–water partition coefficient (Wildman–Crippen LogP) is 3.78. The van der Waals surface area contributed by atoms with Crippen LogP contribution in [0, 0.1) is 5.41 Å². The van der Waals surface area contributed by atoms with E-state index in [4.69, 9.17) is 0 Å². The van der Waals surface area contributed by atoms with Gasteiger partial charge in [-0.1, -0.05) is 19.9 Å². The smallest absolute Gasteiger partial charge is 0.0631 e. The van der Waals surface area contributed by atoms with Crippen molar-refractivity contribution in [3.63, 3.8) is 0 Å². The quantitative estimate of drug-likeness (QED) is 0.852. The Bertz CT molecular complexity index is 386. The molecule has 2 unspecified atom stereocenters. The van der Waals surface area contributed by atoms with E-state index >= 15 is 0 Å². The van der Waals surface area contributed by atoms with Crippen molar-refractivity contribution < 1.29 is 5.11 Å². The summed E-state index contributed by atoms with van der Waals surface area (Å²) in [5.74, 6) is 0. The van der Waals surface area contributed by atoms with Gasteiger partial charge in [-0.15, -0.1) is 0 Å². The summed E-state index contributed by atoms with van der Waals surface area (Å²) in [4.78, 5) is 0. The Kier molecular flexibility index (Phi) is 3.34. The first-order valence-corrected chi connectivity index (χ1v) is 6.90. The van der Waals surface area contributed by atoms with Gasteiger partial charge in [-0.3, -0.25) is 0 Å². The molecule has 2 atom stereocenters. The average molecular weight is 349 g/mol. The van der Waals surface area contributed by atoms with Gasteiger partial charge in [0.05, 0.1) is 11.8 Å². The van der Waals surface area contributed by atoms with Crippen LogP contribution in [0.5, 0.6) is 0 Å². The number of anilines is 1. The highest BCUT2D eigenvalue weighted by Crippen LogP contribution is 2.44. The van der Waals surface area contributed by atoms with Gasteiger partial charge in [0.2, 0.25) is 0 Å². The fraction of sp³-hybridized carbons (Fsp3) is 0.500. The Hall–Kier alpha value is -0.0600. The van der Waals surface area contributed by atoms with Gasteiger partial charge in [0.25, 0.3) is 0 Å². The molecule has 2 N–H and O–H groups in total. The third-order valence-electron chi connectivity index (χ3n) is 3.50. The fourth-order valence-electron chi connectivity index (χ4n) is 1.96. The van der Waals surface area contributed by atoms with Crippen LogP contribution in [0.1, 0.15) is 20.3 Å². The van der Waals surface area contributed by atoms with Crippen molar-refractivity contribution in [2.24, 2.45) is 5.41 Å². The number of nitrogens with one attached hydrogen (secondary N) is 1. The molecule has 1 fully saturated rings. The molecule has 2 rings (SSSR count). The van der Waals surface area contributed by atoms with E-state index in [0.29, 0.717) is 6.04 Å². The number of benzene rings is 1. The van der Waals surface area contributed by atoms with Crippen LogP contribution in [-0.2, 0) is 0 Å². The van der Waals surface area contributed by atoms with Crippen molar-refractivity contribution in [2.45, 2.75) is 32.4 Å². The topological polar surface area (TPSA) is 32.3 Å². The van der Waals surface area contributed by atoms with Crippen LogP contribution >= 0.6 is 31.9 Å². The maximum atomic E-state index is 9.70. The molecule has 0 heterocycles. The van der Waals surface area contributed by atoms with Gasteiger partial charge in [0.15, 0.2) is 0 Å². The number of hydrogen-bond acceptors (Lipinski definition) is 2. The minimum absolute atomic E-state index is 0.0608. The average Bonchev–Trinajstić information content (AvgIpc) is 2.22. The number of para-hydroxylation sites is 1. The molecule has 0 aromatic heterocycles. The van der Waals surface area contributed by atoms with Gasteiger partial charge in [-0.25, -0.2) is 0 Å². The molecule has 0 spiro atoms. The van der Waals surface area contributed by atoms with Crippen LogP contribution in [0.3, 0.4) is 0 Å². The highest BCUT2D eigenvalue weighted by Gasteiger charge is 2.47. The molecular weight excluding hydrogens is 334 g/mol. The molecular formula is C12H15Br2NO. The molecule has 0 radical (unpaired) electrons. The van der Waals surface area contributed by atoms with Crippen molar-refractivity contribution in [2.75, 3.05) is 5.32 Å². The zero-order valence-corrected chi connectivity index (χ0v) is 12.5. The molecule has 0 bridgehead atoms. The van der Waals surface area contributed by atoms with E-state index in [2.05, 4.69) is 51.0 Å². The van der Waals surface area contributed by atoms with Crippen LogP contribution in [0.2, 0.25) is 0 Å². The zero-order valence-electron chi connectivity index (χ0n) is 9.30. The van der Waals surface area contributed by atoms with E-state index in [9.17, 15) is 5.11 Å². The summed E-state index contributed by atoms with van der Waals surface area (Å²) >= 11 is 7.05. The van der Waals surface area contributed by atoms with E-state index < -0.39 is 0 Å². The number of hydrogen-bond donors (Lipinski definition) is 2. The predicted molar refractivity (Wildman–Crippen MR) is 73.7 cm³/mol. The minimum atomic E-state index is -0.203. The van der Waals surface area contributed by atoms with Crippen molar-refractivity contribution >= 4 is 37.5 Å². The molecule has 1 saturated carbocycles. The lowest BCUT2D eigenvalue weighted by Crippen LogP contribution is -2.56. The van der Waals surface area contributed by atoms with Gasteiger partial charge in [0, 0.05) is 20.4 Å². The Morgan fingerprint density at radius 1 is 1.31 bits per heavy atom. The number of halogens is 2. The summed E-state index contributed by atoms with van der Waals surface area (Å²) in [5.41, 5.74) is 1.00. The molecule has 1 aromatic rings. The SMILES string of the molecule is CC1(C)C(O)CC1Nc1c(Br)cccc1Br. The summed E-state index contributed by atoms with van der Waals surface area (Å²) < 4.78 is 2.08. The Morgan fingerprint density at radius 3 is 2.31 bits per heavy atom. The lowest BCUT2D eigenvalue weighted by atomic mass is 9.64. The first-order valence-electron chi connectivity index (χ1n) is 5.31. The molecule has 4 heteroatoms. The lowest BCUT2D eigenvalue weighted by molar-refractivity contribution is -0.0510. The summed E-state index contributed by atoms with van der Waals surface area (Å²) in [7, 11) is 0. The minimum Gasteiger partial charge on any atom is -0.392 e. The standard InChI is InChI=1S/C12H15Br2NO/c1-12(2)9(6-10(12)16)15-11-7(13)4-3-5-8(11)14/h3-5,9-10,15-16H,6H2,1-2H3. The van der Waals surface area contributed by atoms with Gasteiger partial charge in [-0.05, 0) is 50.4 Å². The maximum Gasteiger partial charge on any atom is 0.0631 e. The third-order valence-corrected chi connectivity index (χ3v) is 4.82. The van der Waals surface area contributed by atoms with E-state index in [1.807, 2.05) is 18.2 Å². The van der Waals surface area contributed by atoms with Gasteiger partial charge < -0.3 is 10.4 Å². The van der Waals surface area contributed by atoms with Gasteiger partial charge in [0.1, 0.15) is 0 Å². The van der Waals surface area contributed by atoms with Crippen molar-refractivity contribution in [3.05, 3.63) is 27.1 Å². The second kappa shape index (κ2) is 4.31. The molecule has 0 aliphatic heterocycles. The number of aliphatic hydroxyl groups is 1. The molecule has 16 heavy (non-hydrogen) atoms. The van der Waals surface area contributed by atoms with Crippen LogP contribution in [-0.4, -0.2) is 17.3 Å². The molecule has 0 saturated heterocycles. The largest absolute Gasteiger partial charge is 0.392 e. The second-order valence-electron chi connectivity index (χ2n) is 4.87. The molecule has 88 valence electrons.